The molecule has 0 bridgehead atoms. The molecule has 0 radical (unpaired) electrons. The molecule has 0 saturated heterocycles. The van der Waals surface area contributed by atoms with E-state index in [-0.39, 0.29) is 5.82 Å². The van der Waals surface area contributed by atoms with Gasteiger partial charge < -0.3 is 5.32 Å². The van der Waals surface area contributed by atoms with Crippen molar-refractivity contribution >= 4 is 5.91 Å². The summed E-state index contributed by atoms with van der Waals surface area (Å²) in [5.74, 6) is -1.01. The smallest absolute Gasteiger partial charge is 0.289 e. The van der Waals surface area contributed by atoms with Gasteiger partial charge in [0.2, 0.25) is 5.82 Å². The second-order valence-electron chi connectivity index (χ2n) is 2.50. The summed E-state index contributed by atoms with van der Waals surface area (Å²) in [7, 11) is 0. The highest BCUT2D eigenvalue weighted by atomic mass is 19.1. The summed E-state index contributed by atoms with van der Waals surface area (Å²) in [4.78, 5) is 18.3. The molecule has 16 heavy (non-hydrogen) atoms. The maximum atomic E-state index is 12.4. The van der Waals surface area contributed by atoms with E-state index in [2.05, 4.69) is 15.3 Å². The van der Waals surface area contributed by atoms with Gasteiger partial charge in [-0.1, -0.05) is 26.0 Å². The van der Waals surface area contributed by atoms with Crippen molar-refractivity contribution in [3.63, 3.8) is 0 Å². The Hall–Kier alpha value is -1.78. The molecule has 0 aromatic carbocycles. The highest BCUT2D eigenvalue weighted by molar-refractivity contribution is 5.90. The maximum Gasteiger partial charge on any atom is 0.289 e. The normalized spacial score (nSPS) is 9.50. The van der Waals surface area contributed by atoms with Crippen molar-refractivity contribution in [1.82, 2.24) is 15.3 Å². The van der Waals surface area contributed by atoms with Crippen molar-refractivity contribution < 1.29 is 9.18 Å². The lowest BCUT2D eigenvalue weighted by molar-refractivity contribution is 0.0947. The first-order valence-electron chi connectivity index (χ1n) is 5.11. The van der Waals surface area contributed by atoms with Gasteiger partial charge in [-0.15, -0.1) is 0 Å². The molecule has 0 fully saturated rings. The van der Waals surface area contributed by atoms with E-state index < -0.39 is 11.7 Å². The van der Waals surface area contributed by atoms with Crippen LogP contribution in [0.4, 0.5) is 4.39 Å². The highest BCUT2D eigenvalue weighted by Gasteiger charge is 2.06. The van der Waals surface area contributed by atoms with E-state index in [4.69, 9.17) is 0 Å². The number of carbonyl (C=O) groups excluding carboxylic acids is 1. The van der Waals surface area contributed by atoms with Crippen LogP contribution in [-0.4, -0.2) is 22.4 Å². The lowest BCUT2D eigenvalue weighted by atomic mass is 10.4. The first-order valence-corrected chi connectivity index (χ1v) is 5.11. The van der Waals surface area contributed by atoms with Gasteiger partial charge in [-0.25, -0.2) is 14.4 Å². The second-order valence-corrected chi connectivity index (χ2v) is 2.50. The SMILES string of the molecule is C/C=C/CNC(=O)c1ncc(F)cn1.CC. The Morgan fingerprint density at radius 2 is 2.00 bits per heavy atom. The Bertz CT molecular complexity index is 336. The van der Waals surface area contributed by atoms with Crippen LogP contribution < -0.4 is 5.32 Å². The number of carbonyl (C=O) groups is 1. The van der Waals surface area contributed by atoms with Crippen molar-refractivity contribution in [1.29, 1.82) is 0 Å². The van der Waals surface area contributed by atoms with Crippen LogP contribution in [0.15, 0.2) is 24.5 Å². The fourth-order valence-corrected chi connectivity index (χ4v) is 0.778. The summed E-state index contributed by atoms with van der Waals surface area (Å²) in [6.07, 6.45) is 5.50. The molecule has 0 saturated carbocycles. The molecule has 1 aromatic heterocycles. The van der Waals surface area contributed by atoms with Crippen molar-refractivity contribution in [2.45, 2.75) is 20.8 Å². The first kappa shape index (κ1) is 14.2. The molecular weight excluding hydrogens is 209 g/mol. The number of halogens is 1. The summed E-state index contributed by atoms with van der Waals surface area (Å²) in [6, 6.07) is 0. The third-order valence-electron chi connectivity index (χ3n) is 1.44. The number of amides is 1. The number of hydrogen-bond acceptors (Lipinski definition) is 3. The molecule has 1 heterocycles. The van der Waals surface area contributed by atoms with E-state index in [1.54, 1.807) is 6.08 Å². The molecule has 5 heteroatoms. The Labute approximate surface area is 94.6 Å². The van der Waals surface area contributed by atoms with Crippen LogP contribution in [0.3, 0.4) is 0 Å². The van der Waals surface area contributed by atoms with Crippen molar-refractivity contribution in [3.05, 3.63) is 36.2 Å². The van der Waals surface area contributed by atoms with Crippen LogP contribution in [0.25, 0.3) is 0 Å². The third kappa shape index (κ3) is 5.19. The zero-order chi connectivity index (χ0) is 12.4. The maximum absolute atomic E-state index is 12.4. The fourth-order valence-electron chi connectivity index (χ4n) is 0.778. The minimum Gasteiger partial charge on any atom is -0.346 e. The second kappa shape index (κ2) is 8.52. The molecule has 0 atom stereocenters. The molecule has 1 rings (SSSR count). The molecule has 1 N–H and O–H groups in total. The fraction of sp³-hybridized carbons (Fsp3) is 0.364. The van der Waals surface area contributed by atoms with Gasteiger partial charge in [0.1, 0.15) is 0 Å². The van der Waals surface area contributed by atoms with Gasteiger partial charge in [0, 0.05) is 6.54 Å². The predicted molar refractivity (Wildman–Crippen MR) is 60.5 cm³/mol. The van der Waals surface area contributed by atoms with Gasteiger partial charge >= 0.3 is 0 Å². The van der Waals surface area contributed by atoms with Gasteiger partial charge in [-0.3, -0.25) is 4.79 Å². The molecule has 0 unspecified atom stereocenters. The molecule has 0 aliphatic carbocycles. The number of rotatable bonds is 3. The van der Waals surface area contributed by atoms with Gasteiger partial charge in [-0.05, 0) is 6.92 Å². The molecule has 0 aliphatic heterocycles. The summed E-state index contributed by atoms with van der Waals surface area (Å²) < 4.78 is 12.4. The Balaban J connectivity index is 0.00000106. The van der Waals surface area contributed by atoms with Crippen LogP contribution in [0.1, 0.15) is 31.4 Å². The summed E-state index contributed by atoms with van der Waals surface area (Å²) in [5, 5.41) is 2.55. The van der Waals surface area contributed by atoms with Gasteiger partial charge in [-0.2, -0.15) is 0 Å². The number of hydrogen-bond donors (Lipinski definition) is 1. The zero-order valence-electron chi connectivity index (χ0n) is 9.70. The van der Waals surface area contributed by atoms with Crippen LogP contribution in [0, 0.1) is 5.82 Å². The summed E-state index contributed by atoms with van der Waals surface area (Å²) in [5.41, 5.74) is 0. The average molecular weight is 225 g/mol. The van der Waals surface area contributed by atoms with Gasteiger partial charge in [0.05, 0.1) is 12.4 Å². The monoisotopic (exact) mass is 225 g/mol. The Morgan fingerprint density at radius 3 is 2.50 bits per heavy atom. The van der Waals surface area contributed by atoms with E-state index >= 15 is 0 Å². The number of aromatic nitrogens is 2. The van der Waals surface area contributed by atoms with Crippen molar-refractivity contribution in [2.24, 2.45) is 0 Å². The van der Waals surface area contributed by atoms with Crippen LogP contribution in [0.5, 0.6) is 0 Å². The number of nitrogens with one attached hydrogen (secondary N) is 1. The highest BCUT2D eigenvalue weighted by Crippen LogP contribution is 1.92. The largest absolute Gasteiger partial charge is 0.346 e. The molecule has 1 amide bonds. The molecule has 4 nitrogen and oxygen atoms in total. The summed E-state index contributed by atoms with van der Waals surface area (Å²) in [6.45, 7) is 6.26. The van der Waals surface area contributed by atoms with E-state index in [0.717, 1.165) is 12.4 Å². The predicted octanol–water partition coefficient (Wildman–Crippen LogP) is 1.95. The Morgan fingerprint density at radius 1 is 1.44 bits per heavy atom. The third-order valence-corrected chi connectivity index (χ3v) is 1.44. The van der Waals surface area contributed by atoms with E-state index in [9.17, 15) is 9.18 Å². The van der Waals surface area contributed by atoms with Crippen molar-refractivity contribution in [2.75, 3.05) is 6.54 Å². The van der Waals surface area contributed by atoms with Crippen LogP contribution in [0.2, 0.25) is 0 Å². The average Bonchev–Trinajstić information content (AvgIpc) is 2.33. The minimum atomic E-state index is -0.560. The molecule has 0 aliphatic rings. The number of allylic oxidation sites excluding steroid dienone is 1. The van der Waals surface area contributed by atoms with Crippen LogP contribution >= 0.6 is 0 Å². The first-order chi connectivity index (χ1) is 7.74. The van der Waals surface area contributed by atoms with Gasteiger partial charge in [0.15, 0.2) is 5.82 Å². The number of nitrogens with zero attached hydrogens (tertiary/aromatic N) is 2. The van der Waals surface area contributed by atoms with Crippen LogP contribution in [-0.2, 0) is 0 Å². The van der Waals surface area contributed by atoms with E-state index in [0.29, 0.717) is 6.54 Å². The van der Waals surface area contributed by atoms with Crippen molar-refractivity contribution in [3.8, 4) is 0 Å². The molecular formula is C11H16FN3O. The Kier molecular flexibility index (Phi) is 7.57. The summed E-state index contributed by atoms with van der Waals surface area (Å²) >= 11 is 0. The lowest BCUT2D eigenvalue weighted by Crippen LogP contribution is -2.25. The van der Waals surface area contributed by atoms with E-state index in [1.807, 2.05) is 26.8 Å². The standard InChI is InChI=1S/C9H10FN3O.C2H6/c1-2-3-4-11-9(14)8-12-5-7(10)6-13-8;1-2/h2-3,5-6H,4H2,1H3,(H,11,14);1-2H3/b3-2+;. The molecule has 88 valence electrons. The van der Waals surface area contributed by atoms with E-state index in [1.165, 1.54) is 0 Å². The molecule has 0 spiro atoms. The minimum absolute atomic E-state index is 0.0316. The zero-order valence-corrected chi connectivity index (χ0v) is 9.70. The lowest BCUT2D eigenvalue weighted by Gasteiger charge is -1.99. The topological polar surface area (TPSA) is 54.9 Å². The quantitative estimate of drug-likeness (QED) is 0.800. The molecule has 1 aromatic rings. The van der Waals surface area contributed by atoms with Gasteiger partial charge in [0.25, 0.3) is 5.91 Å².